The van der Waals surface area contributed by atoms with Gasteiger partial charge in [0.05, 0.1) is 1.28 Å². The molecule has 0 bridgehead atoms. The molecule has 2 unspecified atom stereocenters. The third-order valence-electron chi connectivity index (χ3n) is 0.0408. The zero-order valence-corrected chi connectivity index (χ0v) is 3.70. The van der Waals surface area contributed by atoms with Crippen molar-refractivity contribution in [2.75, 3.05) is 0 Å². The third kappa shape index (κ3) is 2.78. The standard InChI is InChI=1S/H4O2P2/c1-4-2-3/h1,4H,3H2/i3T,4T. The monoisotopic (exact) mass is 102 g/mol. The maximum atomic E-state index is 7.95. The lowest BCUT2D eigenvalue weighted by Gasteiger charge is -1.74. The highest BCUT2D eigenvalue weighted by Gasteiger charge is 1.53. The summed E-state index contributed by atoms with van der Waals surface area (Å²) in [5.41, 5.74) is 0. The highest BCUT2D eigenvalue weighted by molar-refractivity contribution is 7.34. The summed E-state index contributed by atoms with van der Waals surface area (Å²) >= 11 is 0. The first-order chi connectivity index (χ1) is 2.77. The van der Waals surface area contributed by atoms with Gasteiger partial charge in [0.1, 0.15) is 1.28 Å². The molecule has 0 aromatic heterocycles. The minimum Gasteiger partial charge on any atom is -0.352 e. The average Bonchev–Trinajstić information content (AvgIpc) is 1.35. The predicted molar refractivity (Wildman–Crippen MR) is 21.3 cm³/mol. The summed E-state index contributed by atoms with van der Waals surface area (Å²) in [7, 11) is -2.55. The van der Waals surface area contributed by atoms with Crippen molar-refractivity contribution in [2.45, 2.75) is 0 Å². The maximum absolute atomic E-state index is 7.95. The van der Waals surface area contributed by atoms with Crippen LogP contribution >= 0.6 is 18.4 Å². The minimum atomic E-state index is -2.03. The van der Waals surface area contributed by atoms with Crippen LogP contribution in [0.4, 0.5) is 0 Å². The van der Waals surface area contributed by atoms with Gasteiger partial charge in [-0.25, -0.2) is 0 Å². The number of rotatable bonds is 2. The number of hydrogen-bond donors (Lipinski definition) is 1. The van der Waals surface area contributed by atoms with Crippen molar-refractivity contribution in [3.8, 4) is 0 Å². The fraction of sp³-hybridized carbons (Fsp3) is 0. The highest BCUT2D eigenvalue weighted by atomic mass is 31.1. The van der Waals surface area contributed by atoms with Gasteiger partial charge in [0.2, 0.25) is 0 Å². The van der Waals surface area contributed by atoms with Crippen LogP contribution in [0.3, 0.4) is 0 Å². The van der Waals surface area contributed by atoms with E-state index in [2.05, 4.69) is 4.31 Å². The molecule has 0 saturated carbocycles. The van der Waals surface area contributed by atoms with Crippen LogP contribution in [-0.2, 0) is 4.31 Å². The fourth-order valence-electron chi connectivity index (χ4n) is 0. The molecule has 0 spiro atoms. The van der Waals surface area contributed by atoms with E-state index in [9.17, 15) is 0 Å². The van der Waals surface area contributed by atoms with Gasteiger partial charge in [-0.1, -0.05) is 0 Å². The summed E-state index contributed by atoms with van der Waals surface area (Å²) in [6.07, 6.45) is 0. The van der Waals surface area contributed by atoms with Gasteiger partial charge in [-0.3, -0.25) is 0 Å². The molecular formula is H4O2P2. The molecule has 0 aliphatic rings. The summed E-state index contributed by atoms with van der Waals surface area (Å²) in [5, 5.41) is 0. The molecule has 0 amide bonds. The Bertz CT molecular complexity index is 30.7. The van der Waals surface area contributed by atoms with Crippen LogP contribution in [-0.4, -0.2) is 7.45 Å². The predicted octanol–water partition coefficient (Wildman–Crippen LogP) is 0.294. The Kier molecular flexibility index (Phi) is 1.93. The molecule has 0 heterocycles. The first-order valence-corrected chi connectivity index (χ1v) is 1.76. The lowest BCUT2D eigenvalue weighted by Crippen LogP contribution is -1.33. The Morgan fingerprint density at radius 3 is 3.50 bits per heavy atom. The smallest absolute Gasteiger partial charge is 0.155 e. The molecule has 0 rings (SSSR count). The molecule has 0 aliphatic carbocycles. The van der Waals surface area contributed by atoms with Crippen molar-refractivity contribution in [1.29, 1.82) is 2.56 Å². The topological polar surface area (TPSA) is 29.5 Å². The first-order valence-electron chi connectivity index (χ1n) is 1.53. The second kappa shape index (κ2) is 3.78. The van der Waals surface area contributed by atoms with Crippen molar-refractivity contribution in [3.63, 3.8) is 0 Å². The van der Waals surface area contributed by atoms with E-state index in [4.69, 9.17) is 7.45 Å². The van der Waals surface area contributed by atoms with Crippen molar-refractivity contribution in [3.05, 3.63) is 0 Å². The van der Waals surface area contributed by atoms with Crippen LogP contribution in [0.15, 0.2) is 0 Å². The second-order valence-electron chi connectivity index (χ2n) is 0.173. The van der Waals surface area contributed by atoms with E-state index in [0.29, 0.717) is 0 Å². The van der Waals surface area contributed by atoms with E-state index in [1.54, 1.807) is 0 Å². The molecule has 2 nitrogen and oxygen atoms in total. The molecule has 0 aromatic carbocycles. The quantitative estimate of drug-likeness (QED) is 0.508. The van der Waals surface area contributed by atoms with Gasteiger partial charge in [0.15, 0.2) is 8.98 Å². The largest absolute Gasteiger partial charge is 0.352 e. The number of hydrogen-bond acceptors (Lipinski definition) is 2. The molecular weight excluding hydrogens is 93.9 g/mol. The van der Waals surface area contributed by atoms with Gasteiger partial charge in [-0.05, 0) is 0 Å². The molecule has 0 aliphatic heterocycles. The lowest BCUT2D eigenvalue weighted by molar-refractivity contribution is 0.554. The molecule has 4 heteroatoms. The van der Waals surface area contributed by atoms with Gasteiger partial charge in [-0.15, -0.1) is 0 Å². The van der Waals surface area contributed by atoms with Crippen LogP contribution in [0, 0.1) is 0 Å². The van der Waals surface area contributed by atoms with Crippen molar-refractivity contribution in [2.24, 2.45) is 0 Å². The Balaban J connectivity index is 2.63. The lowest BCUT2D eigenvalue weighted by atomic mass is 15.8. The summed E-state index contributed by atoms with van der Waals surface area (Å²) in [4.78, 5) is 7.95. The van der Waals surface area contributed by atoms with E-state index < -0.39 is 18.4 Å². The molecule has 26 valence electrons. The molecule has 0 fully saturated rings. The van der Waals surface area contributed by atoms with E-state index in [1.165, 1.54) is 0 Å². The Hall–Kier alpha value is 0.780. The molecule has 1 N–H and O–H groups in total. The zero-order valence-electron chi connectivity index (χ0n) is 3.80. The zero-order chi connectivity index (χ0) is 4.99. The van der Waals surface area contributed by atoms with Crippen LogP contribution in [0.25, 0.3) is 0 Å². The van der Waals surface area contributed by atoms with Crippen LogP contribution < -0.4 is 0 Å². The van der Waals surface area contributed by atoms with E-state index in [1.807, 2.05) is 0 Å². The Morgan fingerprint density at radius 1 is 2.75 bits per heavy atom. The SMILES string of the molecule is [3H]POP([3H])O. The van der Waals surface area contributed by atoms with Crippen LogP contribution in [0.1, 0.15) is 0 Å². The van der Waals surface area contributed by atoms with Gasteiger partial charge < -0.3 is 9.20 Å². The van der Waals surface area contributed by atoms with Gasteiger partial charge in [0.25, 0.3) is 0 Å². The first kappa shape index (κ1) is 2.04. The normalized spacial score (nSPS) is 25.2. The van der Waals surface area contributed by atoms with Crippen LogP contribution in [0.5, 0.6) is 0 Å². The molecule has 0 radical (unpaired) electrons. The summed E-state index contributed by atoms with van der Waals surface area (Å²) < 4.78 is 16.6. The van der Waals surface area contributed by atoms with Gasteiger partial charge in [0, 0.05) is 9.41 Å². The molecule has 0 saturated heterocycles. The summed E-state index contributed by atoms with van der Waals surface area (Å²) in [6, 6.07) is 0. The Labute approximate surface area is 31.4 Å². The highest BCUT2D eigenvalue weighted by Crippen LogP contribution is 2.06. The summed E-state index contributed by atoms with van der Waals surface area (Å²) in [6.45, 7) is 0. The van der Waals surface area contributed by atoms with Crippen molar-refractivity contribution >= 4 is 18.4 Å². The van der Waals surface area contributed by atoms with E-state index in [-0.39, 0.29) is 0 Å². The Morgan fingerprint density at radius 2 is 3.50 bits per heavy atom. The van der Waals surface area contributed by atoms with Crippen molar-refractivity contribution < 1.29 is 9.20 Å². The van der Waals surface area contributed by atoms with Gasteiger partial charge >= 0.3 is 0 Å². The molecule has 4 heavy (non-hydrogen) atoms. The van der Waals surface area contributed by atoms with Crippen LogP contribution in [0.2, 0.25) is 0 Å². The van der Waals surface area contributed by atoms with E-state index in [0.717, 1.165) is 0 Å². The average molecular weight is 102 g/mol. The molecule has 2 atom stereocenters. The third-order valence-corrected chi connectivity index (χ3v) is 0.367. The maximum Gasteiger partial charge on any atom is 0.155 e. The second-order valence-corrected chi connectivity index (χ2v) is 1.07. The van der Waals surface area contributed by atoms with Gasteiger partial charge in [-0.2, -0.15) is 0 Å². The minimum absolute atomic E-state index is 0.521. The molecule has 0 aromatic rings. The summed E-state index contributed by atoms with van der Waals surface area (Å²) in [5.74, 6) is 0. The fourth-order valence-corrected chi connectivity index (χ4v) is 0. The van der Waals surface area contributed by atoms with Crippen molar-refractivity contribution in [1.82, 2.24) is 0 Å². The van der Waals surface area contributed by atoms with E-state index >= 15 is 0 Å².